The van der Waals surface area contributed by atoms with Crippen LogP contribution in [0.2, 0.25) is 0 Å². The molecule has 1 aliphatic heterocycles. The van der Waals surface area contributed by atoms with E-state index in [9.17, 15) is 4.79 Å². The van der Waals surface area contributed by atoms with Gasteiger partial charge in [-0.25, -0.2) is 4.98 Å². The molecule has 1 aromatic heterocycles. The minimum absolute atomic E-state index is 0.0228. The van der Waals surface area contributed by atoms with Gasteiger partial charge in [0.1, 0.15) is 16.5 Å². The lowest BCUT2D eigenvalue weighted by Gasteiger charge is -2.31. The topological polar surface area (TPSA) is 51.7 Å². The zero-order valence-corrected chi connectivity index (χ0v) is 17.0. The highest BCUT2D eigenvalue weighted by atomic mass is 32.1. The van der Waals surface area contributed by atoms with Crippen molar-refractivity contribution in [3.05, 3.63) is 53.0 Å². The average Bonchev–Trinajstić information content (AvgIpc) is 3.15. The fourth-order valence-corrected chi connectivity index (χ4v) is 4.82. The number of ether oxygens (including phenoxy) is 2. The van der Waals surface area contributed by atoms with Crippen molar-refractivity contribution in [1.29, 1.82) is 0 Å². The normalized spacial score (nSPS) is 17.6. The van der Waals surface area contributed by atoms with Crippen LogP contribution >= 0.6 is 11.3 Å². The summed E-state index contributed by atoms with van der Waals surface area (Å²) >= 11 is 1.74. The summed E-state index contributed by atoms with van der Waals surface area (Å²) in [6.07, 6.45) is 1.92. The largest absolute Gasteiger partial charge is 0.497 e. The van der Waals surface area contributed by atoms with Crippen molar-refractivity contribution >= 4 is 27.3 Å². The van der Waals surface area contributed by atoms with Gasteiger partial charge >= 0.3 is 0 Å². The van der Waals surface area contributed by atoms with Crippen LogP contribution in [0.5, 0.6) is 11.5 Å². The molecule has 0 N–H and O–H groups in total. The molecule has 5 nitrogen and oxygen atoms in total. The van der Waals surface area contributed by atoms with E-state index in [1.807, 2.05) is 30.3 Å². The summed E-state index contributed by atoms with van der Waals surface area (Å²) in [7, 11) is 3.20. The lowest BCUT2D eigenvalue weighted by molar-refractivity contribution is 0.0808. The second kappa shape index (κ2) is 8.29. The predicted octanol–water partition coefficient (Wildman–Crippen LogP) is 4.41. The zero-order valence-electron chi connectivity index (χ0n) is 16.2. The van der Waals surface area contributed by atoms with E-state index in [2.05, 4.69) is 11.0 Å². The number of aromatic nitrogens is 1. The van der Waals surface area contributed by atoms with Gasteiger partial charge < -0.3 is 9.47 Å². The number of para-hydroxylation sites is 1. The van der Waals surface area contributed by atoms with Crippen molar-refractivity contribution in [2.75, 3.05) is 27.3 Å². The Morgan fingerprint density at radius 1 is 1.21 bits per heavy atom. The number of hydrogen-bond acceptors (Lipinski definition) is 6. The Kier molecular flexibility index (Phi) is 5.59. The molecule has 1 atom stereocenters. The highest BCUT2D eigenvalue weighted by Crippen LogP contribution is 2.30. The fraction of sp³-hybridized carbons (Fsp3) is 0.364. The molecule has 0 saturated carbocycles. The number of piperidine rings is 1. The Balaban J connectivity index is 1.48. The van der Waals surface area contributed by atoms with Gasteiger partial charge in [-0.15, -0.1) is 11.3 Å². The van der Waals surface area contributed by atoms with Crippen molar-refractivity contribution in [1.82, 2.24) is 9.88 Å². The number of benzene rings is 2. The van der Waals surface area contributed by atoms with E-state index in [4.69, 9.17) is 14.5 Å². The van der Waals surface area contributed by atoms with Gasteiger partial charge in [-0.2, -0.15) is 0 Å². The molecule has 3 aromatic rings. The van der Waals surface area contributed by atoms with Gasteiger partial charge in [0.2, 0.25) is 0 Å². The molecule has 0 amide bonds. The Morgan fingerprint density at radius 2 is 2.07 bits per heavy atom. The highest BCUT2D eigenvalue weighted by Gasteiger charge is 2.29. The summed E-state index contributed by atoms with van der Waals surface area (Å²) in [6, 6.07) is 13.6. The van der Waals surface area contributed by atoms with E-state index in [0.29, 0.717) is 17.1 Å². The maximum Gasteiger partial charge on any atom is 0.170 e. The second-order valence-electron chi connectivity index (χ2n) is 7.08. The molecule has 28 heavy (non-hydrogen) atoms. The SMILES string of the molecule is COc1ccc(C(=O)C2CCCN(Cc3nc4ccccc4s3)C2)c(OC)c1. The standard InChI is InChI=1S/C22H24N2O3S/c1-26-16-9-10-17(19(12-16)27-2)22(25)15-6-5-11-24(13-15)14-21-23-18-7-3-4-8-20(18)28-21/h3-4,7-10,12,15H,5-6,11,13-14H2,1-2H3. The number of Topliss-reactive ketones (excluding diaryl/α,β-unsaturated/α-hetero) is 1. The fourth-order valence-electron chi connectivity index (χ4n) is 3.81. The number of carbonyl (C=O) groups excluding carboxylic acids is 1. The van der Waals surface area contributed by atoms with Gasteiger partial charge in [0.25, 0.3) is 0 Å². The maximum atomic E-state index is 13.2. The number of nitrogens with zero attached hydrogens (tertiary/aromatic N) is 2. The Labute approximate surface area is 168 Å². The Hall–Kier alpha value is -2.44. The number of thiazole rings is 1. The first-order valence-corrected chi connectivity index (χ1v) is 10.3. The van der Waals surface area contributed by atoms with Gasteiger partial charge in [-0.1, -0.05) is 12.1 Å². The van der Waals surface area contributed by atoms with E-state index in [0.717, 1.165) is 43.0 Å². The molecule has 0 radical (unpaired) electrons. The number of hydrogen-bond donors (Lipinski definition) is 0. The third-order valence-corrected chi connectivity index (χ3v) is 6.27. The summed E-state index contributed by atoms with van der Waals surface area (Å²) in [6.45, 7) is 2.55. The van der Waals surface area contributed by atoms with Crippen molar-refractivity contribution in [3.8, 4) is 11.5 Å². The minimum atomic E-state index is -0.0228. The molecule has 4 rings (SSSR count). The van der Waals surface area contributed by atoms with Crippen molar-refractivity contribution in [3.63, 3.8) is 0 Å². The molecule has 1 saturated heterocycles. The van der Waals surface area contributed by atoms with Crippen LogP contribution in [0, 0.1) is 5.92 Å². The van der Waals surface area contributed by atoms with Crippen LogP contribution in [0.4, 0.5) is 0 Å². The molecule has 146 valence electrons. The Bertz CT molecular complexity index is 952. The van der Waals surface area contributed by atoms with Crippen LogP contribution in [0.1, 0.15) is 28.2 Å². The summed E-state index contributed by atoms with van der Waals surface area (Å²) in [5.74, 6) is 1.39. The van der Waals surface area contributed by atoms with Crippen LogP contribution < -0.4 is 9.47 Å². The van der Waals surface area contributed by atoms with Crippen LogP contribution in [-0.4, -0.2) is 43.0 Å². The number of rotatable bonds is 6. The van der Waals surface area contributed by atoms with Crippen LogP contribution in [0.3, 0.4) is 0 Å². The highest BCUT2D eigenvalue weighted by molar-refractivity contribution is 7.18. The van der Waals surface area contributed by atoms with Gasteiger partial charge in [-0.05, 0) is 43.7 Å². The first-order chi connectivity index (χ1) is 13.7. The summed E-state index contributed by atoms with van der Waals surface area (Å²) in [4.78, 5) is 20.2. The molecule has 6 heteroatoms. The number of methoxy groups -OCH3 is 2. The van der Waals surface area contributed by atoms with Gasteiger partial charge in [0.05, 0.1) is 36.5 Å². The lowest BCUT2D eigenvalue weighted by atomic mass is 9.89. The average molecular weight is 397 g/mol. The quantitative estimate of drug-likeness (QED) is 0.578. The van der Waals surface area contributed by atoms with E-state index >= 15 is 0 Å². The Morgan fingerprint density at radius 3 is 2.86 bits per heavy atom. The maximum absolute atomic E-state index is 13.2. The van der Waals surface area contributed by atoms with E-state index < -0.39 is 0 Å². The number of likely N-dealkylation sites (tertiary alicyclic amines) is 1. The zero-order chi connectivity index (χ0) is 19.5. The summed E-state index contributed by atoms with van der Waals surface area (Å²) in [5.41, 5.74) is 1.69. The first kappa shape index (κ1) is 18.9. The monoisotopic (exact) mass is 396 g/mol. The van der Waals surface area contributed by atoms with Gasteiger partial charge in [0, 0.05) is 18.5 Å². The number of ketones is 1. The molecular weight excluding hydrogens is 372 g/mol. The minimum Gasteiger partial charge on any atom is -0.497 e. The van der Waals surface area contributed by atoms with E-state index in [1.165, 1.54) is 4.70 Å². The molecule has 1 fully saturated rings. The first-order valence-electron chi connectivity index (χ1n) is 9.51. The summed E-state index contributed by atoms with van der Waals surface area (Å²) in [5, 5.41) is 1.11. The molecule has 2 heterocycles. The second-order valence-corrected chi connectivity index (χ2v) is 8.20. The third-order valence-electron chi connectivity index (χ3n) is 5.25. The third kappa shape index (κ3) is 3.88. The van der Waals surface area contributed by atoms with E-state index in [1.54, 1.807) is 31.6 Å². The van der Waals surface area contributed by atoms with E-state index in [-0.39, 0.29) is 11.7 Å². The molecule has 0 aliphatic carbocycles. The summed E-state index contributed by atoms with van der Waals surface area (Å²) < 4.78 is 11.9. The molecule has 0 bridgehead atoms. The van der Waals surface area contributed by atoms with Crippen LogP contribution in [0.25, 0.3) is 10.2 Å². The van der Waals surface area contributed by atoms with Crippen molar-refractivity contribution < 1.29 is 14.3 Å². The molecule has 1 aliphatic rings. The molecule has 0 spiro atoms. The molecule has 1 unspecified atom stereocenters. The number of carbonyl (C=O) groups is 1. The lowest BCUT2D eigenvalue weighted by Crippen LogP contribution is -2.38. The van der Waals surface area contributed by atoms with Crippen molar-refractivity contribution in [2.24, 2.45) is 5.92 Å². The molecule has 2 aromatic carbocycles. The smallest absolute Gasteiger partial charge is 0.170 e. The van der Waals surface area contributed by atoms with Crippen LogP contribution in [0.15, 0.2) is 42.5 Å². The predicted molar refractivity (Wildman–Crippen MR) is 111 cm³/mol. The van der Waals surface area contributed by atoms with Gasteiger partial charge in [-0.3, -0.25) is 9.69 Å². The van der Waals surface area contributed by atoms with Crippen molar-refractivity contribution in [2.45, 2.75) is 19.4 Å². The van der Waals surface area contributed by atoms with Crippen LogP contribution in [-0.2, 0) is 6.54 Å². The van der Waals surface area contributed by atoms with Gasteiger partial charge in [0.15, 0.2) is 5.78 Å². The number of fused-ring (bicyclic) bond motifs is 1. The molecular formula is C22H24N2O3S.